The zero-order valence-electron chi connectivity index (χ0n) is 11.6. The fourth-order valence-electron chi connectivity index (χ4n) is 2.73. The van der Waals surface area contributed by atoms with Crippen LogP contribution >= 0.6 is 0 Å². The van der Waals surface area contributed by atoms with Gasteiger partial charge >= 0.3 is 6.09 Å². The molecule has 0 spiro atoms. The van der Waals surface area contributed by atoms with Crippen LogP contribution in [0.4, 0.5) is 9.18 Å². The van der Waals surface area contributed by atoms with Gasteiger partial charge in [-0.15, -0.1) is 0 Å². The standard InChI is InChI=1S/C14H20FN3O2/c1-10-8-11(15)2-3-12(10)13-9-17(5-4-16)6-7-18(13)14(19)20/h2-3,8,13H,4-7,9,16H2,1H3,(H,19,20)/t13-/m1/s1. The molecule has 1 heterocycles. The molecule has 0 aliphatic carbocycles. The Balaban J connectivity index is 2.28. The van der Waals surface area contributed by atoms with E-state index in [9.17, 15) is 14.3 Å². The summed E-state index contributed by atoms with van der Waals surface area (Å²) in [6, 6.07) is 4.23. The summed E-state index contributed by atoms with van der Waals surface area (Å²) in [4.78, 5) is 15.0. The van der Waals surface area contributed by atoms with E-state index in [-0.39, 0.29) is 11.9 Å². The molecular weight excluding hydrogens is 261 g/mol. The highest BCUT2D eigenvalue weighted by atomic mass is 19.1. The van der Waals surface area contributed by atoms with Crippen LogP contribution in [0.25, 0.3) is 0 Å². The van der Waals surface area contributed by atoms with Gasteiger partial charge < -0.3 is 10.8 Å². The fraction of sp³-hybridized carbons (Fsp3) is 0.500. The summed E-state index contributed by atoms with van der Waals surface area (Å²) in [6.45, 7) is 4.81. The number of piperazine rings is 1. The fourth-order valence-corrected chi connectivity index (χ4v) is 2.73. The van der Waals surface area contributed by atoms with Gasteiger partial charge in [0.2, 0.25) is 0 Å². The minimum Gasteiger partial charge on any atom is -0.465 e. The minimum absolute atomic E-state index is 0.270. The van der Waals surface area contributed by atoms with Crippen molar-refractivity contribution >= 4 is 6.09 Å². The second-order valence-electron chi connectivity index (χ2n) is 5.08. The molecule has 1 atom stereocenters. The Hall–Kier alpha value is -1.66. The van der Waals surface area contributed by atoms with E-state index in [1.165, 1.54) is 17.0 Å². The molecule has 20 heavy (non-hydrogen) atoms. The van der Waals surface area contributed by atoms with Crippen molar-refractivity contribution < 1.29 is 14.3 Å². The van der Waals surface area contributed by atoms with E-state index >= 15 is 0 Å². The van der Waals surface area contributed by atoms with Gasteiger partial charge in [0.25, 0.3) is 0 Å². The third-order valence-corrected chi connectivity index (χ3v) is 3.75. The number of rotatable bonds is 3. The summed E-state index contributed by atoms with van der Waals surface area (Å²) in [5, 5.41) is 9.34. The van der Waals surface area contributed by atoms with Crippen molar-refractivity contribution in [2.75, 3.05) is 32.7 Å². The number of carboxylic acid groups (broad SMARTS) is 1. The summed E-state index contributed by atoms with van der Waals surface area (Å²) in [6.07, 6.45) is -0.939. The summed E-state index contributed by atoms with van der Waals surface area (Å²) in [7, 11) is 0. The lowest BCUT2D eigenvalue weighted by Gasteiger charge is -2.40. The van der Waals surface area contributed by atoms with Crippen LogP contribution in [0.3, 0.4) is 0 Å². The third-order valence-electron chi connectivity index (χ3n) is 3.75. The summed E-state index contributed by atoms with van der Waals surface area (Å²) < 4.78 is 13.2. The smallest absolute Gasteiger partial charge is 0.407 e. The summed E-state index contributed by atoms with van der Waals surface area (Å²) >= 11 is 0. The quantitative estimate of drug-likeness (QED) is 0.879. The number of benzene rings is 1. The summed E-state index contributed by atoms with van der Waals surface area (Å²) in [5.74, 6) is -0.303. The molecule has 0 bridgehead atoms. The first-order chi connectivity index (χ1) is 9.52. The Morgan fingerprint density at radius 1 is 1.50 bits per heavy atom. The number of hydrogen-bond acceptors (Lipinski definition) is 3. The van der Waals surface area contributed by atoms with Gasteiger partial charge in [-0.3, -0.25) is 9.80 Å². The van der Waals surface area contributed by atoms with Gasteiger partial charge in [-0.05, 0) is 30.2 Å². The lowest BCUT2D eigenvalue weighted by atomic mass is 9.98. The number of nitrogens with zero attached hydrogens (tertiary/aromatic N) is 2. The van der Waals surface area contributed by atoms with Gasteiger partial charge in [-0.1, -0.05) is 6.07 Å². The molecule has 6 heteroatoms. The van der Waals surface area contributed by atoms with E-state index in [0.717, 1.165) is 17.7 Å². The maximum absolute atomic E-state index is 13.2. The molecule has 110 valence electrons. The maximum atomic E-state index is 13.2. The molecule has 1 aromatic rings. The molecule has 1 aromatic carbocycles. The minimum atomic E-state index is -0.939. The molecule has 1 amide bonds. The molecule has 1 aliphatic rings. The molecule has 0 aromatic heterocycles. The van der Waals surface area contributed by atoms with Gasteiger partial charge in [-0.25, -0.2) is 9.18 Å². The molecule has 1 aliphatic heterocycles. The highest BCUT2D eigenvalue weighted by Gasteiger charge is 2.31. The second-order valence-corrected chi connectivity index (χ2v) is 5.08. The van der Waals surface area contributed by atoms with Crippen LogP contribution in [0, 0.1) is 12.7 Å². The van der Waals surface area contributed by atoms with Crippen molar-refractivity contribution in [1.29, 1.82) is 0 Å². The van der Waals surface area contributed by atoms with Crippen LogP contribution in [-0.4, -0.2) is 53.7 Å². The molecule has 0 unspecified atom stereocenters. The normalized spacial score (nSPS) is 20.1. The van der Waals surface area contributed by atoms with Crippen LogP contribution in [-0.2, 0) is 0 Å². The predicted octanol–water partition coefficient (Wildman–Crippen LogP) is 1.43. The molecule has 2 rings (SSSR count). The van der Waals surface area contributed by atoms with Crippen molar-refractivity contribution in [1.82, 2.24) is 9.80 Å². The van der Waals surface area contributed by atoms with Crippen LogP contribution in [0.15, 0.2) is 18.2 Å². The first kappa shape index (κ1) is 14.7. The zero-order valence-corrected chi connectivity index (χ0v) is 11.6. The maximum Gasteiger partial charge on any atom is 0.407 e. The van der Waals surface area contributed by atoms with E-state index in [4.69, 9.17) is 5.73 Å². The average Bonchev–Trinajstić information content (AvgIpc) is 2.38. The number of aryl methyl sites for hydroxylation is 1. The summed E-state index contributed by atoms with van der Waals surface area (Å²) in [5.41, 5.74) is 7.20. The Labute approximate surface area is 117 Å². The van der Waals surface area contributed by atoms with Crippen LogP contribution in [0.2, 0.25) is 0 Å². The first-order valence-electron chi connectivity index (χ1n) is 6.71. The first-order valence-corrected chi connectivity index (χ1v) is 6.71. The zero-order chi connectivity index (χ0) is 14.7. The third kappa shape index (κ3) is 3.08. The highest BCUT2D eigenvalue weighted by molar-refractivity contribution is 5.66. The second kappa shape index (κ2) is 6.19. The van der Waals surface area contributed by atoms with Crippen molar-refractivity contribution in [3.63, 3.8) is 0 Å². The topological polar surface area (TPSA) is 69.8 Å². The Morgan fingerprint density at radius 3 is 2.85 bits per heavy atom. The van der Waals surface area contributed by atoms with E-state index in [2.05, 4.69) is 4.90 Å². The molecular formula is C14H20FN3O2. The monoisotopic (exact) mass is 281 g/mol. The van der Waals surface area contributed by atoms with E-state index in [0.29, 0.717) is 26.2 Å². The van der Waals surface area contributed by atoms with Gasteiger partial charge in [0.1, 0.15) is 5.82 Å². The van der Waals surface area contributed by atoms with Crippen LogP contribution in [0.1, 0.15) is 17.2 Å². The van der Waals surface area contributed by atoms with E-state index in [1.54, 1.807) is 13.0 Å². The Morgan fingerprint density at radius 2 is 2.25 bits per heavy atom. The largest absolute Gasteiger partial charge is 0.465 e. The number of halogens is 1. The number of amides is 1. The van der Waals surface area contributed by atoms with Crippen LogP contribution in [0.5, 0.6) is 0 Å². The lowest BCUT2D eigenvalue weighted by Crippen LogP contribution is -2.51. The van der Waals surface area contributed by atoms with Gasteiger partial charge in [-0.2, -0.15) is 0 Å². The Bertz CT molecular complexity index is 495. The molecule has 1 saturated heterocycles. The molecule has 0 saturated carbocycles. The number of nitrogens with two attached hydrogens (primary N) is 1. The molecule has 5 nitrogen and oxygen atoms in total. The van der Waals surface area contributed by atoms with E-state index in [1.807, 2.05) is 0 Å². The molecule has 1 fully saturated rings. The van der Waals surface area contributed by atoms with E-state index < -0.39 is 6.09 Å². The predicted molar refractivity (Wildman–Crippen MR) is 74.1 cm³/mol. The lowest BCUT2D eigenvalue weighted by molar-refractivity contribution is 0.0682. The van der Waals surface area contributed by atoms with Gasteiger partial charge in [0.05, 0.1) is 6.04 Å². The number of hydrogen-bond donors (Lipinski definition) is 2. The van der Waals surface area contributed by atoms with Crippen molar-refractivity contribution in [3.05, 3.63) is 35.1 Å². The van der Waals surface area contributed by atoms with Crippen molar-refractivity contribution in [2.24, 2.45) is 5.73 Å². The van der Waals surface area contributed by atoms with Gasteiger partial charge in [0, 0.05) is 32.7 Å². The van der Waals surface area contributed by atoms with Crippen molar-refractivity contribution in [2.45, 2.75) is 13.0 Å². The molecule has 3 N–H and O–H groups in total. The molecule has 0 radical (unpaired) electrons. The SMILES string of the molecule is Cc1cc(F)ccc1[C@H]1CN(CCN)CCN1C(=O)O. The number of carbonyl (C=O) groups is 1. The van der Waals surface area contributed by atoms with Crippen LogP contribution < -0.4 is 5.73 Å². The highest BCUT2D eigenvalue weighted by Crippen LogP contribution is 2.28. The van der Waals surface area contributed by atoms with Crippen molar-refractivity contribution in [3.8, 4) is 0 Å². The Kier molecular flexibility index (Phi) is 4.57. The average molecular weight is 281 g/mol. The van der Waals surface area contributed by atoms with Gasteiger partial charge in [0.15, 0.2) is 0 Å².